The summed E-state index contributed by atoms with van der Waals surface area (Å²) in [5.74, 6) is 0. The first-order chi connectivity index (χ1) is 8.69. The minimum atomic E-state index is 0.0655. The lowest BCUT2D eigenvalue weighted by Gasteiger charge is -2.11. The topological polar surface area (TPSA) is 32.3 Å². The first-order valence-corrected chi connectivity index (χ1v) is 6.19. The van der Waals surface area contributed by atoms with Crippen LogP contribution in [0.1, 0.15) is 22.3 Å². The first-order valence-electron chi connectivity index (χ1n) is 6.19. The molecular weight excluding hydrogens is 222 g/mol. The Bertz CT molecular complexity index is 514. The maximum absolute atomic E-state index is 9.26. The van der Waals surface area contributed by atoms with E-state index in [0.29, 0.717) is 0 Å². The van der Waals surface area contributed by atoms with Crippen LogP contribution in [0.25, 0.3) is 0 Å². The lowest BCUT2D eigenvalue weighted by Crippen LogP contribution is -2.03. The normalized spacial score (nSPS) is 10.4. The molecular formula is C16H19NO. The summed E-state index contributed by atoms with van der Waals surface area (Å²) in [5.41, 5.74) is 5.76. The minimum Gasteiger partial charge on any atom is -0.392 e. The van der Waals surface area contributed by atoms with Gasteiger partial charge in [-0.25, -0.2) is 0 Å². The van der Waals surface area contributed by atoms with Gasteiger partial charge in [-0.15, -0.1) is 0 Å². The van der Waals surface area contributed by atoms with E-state index >= 15 is 0 Å². The molecule has 0 aliphatic carbocycles. The predicted molar refractivity (Wildman–Crippen MR) is 75.6 cm³/mol. The lowest BCUT2D eigenvalue weighted by molar-refractivity contribution is 0.282. The molecule has 0 spiro atoms. The molecule has 2 N–H and O–H groups in total. The zero-order chi connectivity index (χ0) is 13.0. The Balaban J connectivity index is 2.11. The van der Waals surface area contributed by atoms with Crippen LogP contribution in [0.15, 0.2) is 42.5 Å². The van der Waals surface area contributed by atoms with Crippen molar-refractivity contribution in [3.05, 3.63) is 64.7 Å². The number of anilines is 1. The van der Waals surface area contributed by atoms with Gasteiger partial charge in [0.15, 0.2) is 0 Å². The molecule has 2 aromatic carbocycles. The van der Waals surface area contributed by atoms with Gasteiger partial charge >= 0.3 is 0 Å². The molecule has 0 aliphatic rings. The van der Waals surface area contributed by atoms with Crippen LogP contribution in [0.3, 0.4) is 0 Å². The summed E-state index contributed by atoms with van der Waals surface area (Å²) in [7, 11) is 0. The molecule has 18 heavy (non-hydrogen) atoms. The highest BCUT2D eigenvalue weighted by Crippen LogP contribution is 2.17. The van der Waals surface area contributed by atoms with Crippen LogP contribution in [-0.2, 0) is 13.2 Å². The van der Waals surface area contributed by atoms with Crippen molar-refractivity contribution in [1.82, 2.24) is 0 Å². The Morgan fingerprint density at radius 2 is 1.67 bits per heavy atom. The van der Waals surface area contributed by atoms with Gasteiger partial charge in [-0.3, -0.25) is 0 Å². The number of aryl methyl sites for hydroxylation is 2. The first kappa shape index (κ1) is 12.7. The van der Waals surface area contributed by atoms with Gasteiger partial charge in [0, 0.05) is 17.8 Å². The van der Waals surface area contributed by atoms with E-state index in [4.69, 9.17) is 0 Å². The number of rotatable bonds is 4. The zero-order valence-electron chi connectivity index (χ0n) is 10.9. The standard InChI is InChI=1S/C16H19NO/c1-12-7-13(2)9-14(8-12)10-17-16-6-4-3-5-15(16)11-18/h3-9,17-18H,10-11H2,1-2H3. The van der Waals surface area contributed by atoms with Gasteiger partial charge in [-0.2, -0.15) is 0 Å². The molecule has 0 amide bonds. The van der Waals surface area contributed by atoms with E-state index in [9.17, 15) is 5.11 Å². The quantitative estimate of drug-likeness (QED) is 0.859. The van der Waals surface area contributed by atoms with E-state index < -0.39 is 0 Å². The van der Waals surface area contributed by atoms with Crippen molar-refractivity contribution in [1.29, 1.82) is 0 Å². The highest BCUT2D eigenvalue weighted by Gasteiger charge is 2.00. The number of hydrogen-bond donors (Lipinski definition) is 2. The highest BCUT2D eigenvalue weighted by molar-refractivity contribution is 5.51. The number of nitrogens with one attached hydrogen (secondary N) is 1. The molecule has 0 fully saturated rings. The molecule has 2 heteroatoms. The Morgan fingerprint density at radius 3 is 2.33 bits per heavy atom. The van der Waals surface area contributed by atoms with E-state index in [1.54, 1.807) is 0 Å². The molecule has 0 unspecified atom stereocenters. The number of aliphatic hydroxyl groups excluding tert-OH is 1. The molecule has 2 nitrogen and oxygen atoms in total. The van der Waals surface area contributed by atoms with Crippen molar-refractivity contribution in [2.45, 2.75) is 27.0 Å². The van der Waals surface area contributed by atoms with Crippen molar-refractivity contribution < 1.29 is 5.11 Å². The summed E-state index contributed by atoms with van der Waals surface area (Å²) in [5, 5.41) is 12.6. The fourth-order valence-corrected chi connectivity index (χ4v) is 2.20. The van der Waals surface area contributed by atoms with E-state index in [-0.39, 0.29) is 6.61 Å². The summed E-state index contributed by atoms with van der Waals surface area (Å²) >= 11 is 0. The van der Waals surface area contributed by atoms with Crippen molar-refractivity contribution in [2.24, 2.45) is 0 Å². The van der Waals surface area contributed by atoms with Crippen molar-refractivity contribution in [3.63, 3.8) is 0 Å². The molecule has 0 bridgehead atoms. The van der Waals surface area contributed by atoms with E-state index in [0.717, 1.165) is 17.8 Å². The molecule has 0 aromatic heterocycles. The predicted octanol–water partition coefficient (Wildman–Crippen LogP) is 3.41. The Kier molecular flexibility index (Phi) is 4.00. The Hall–Kier alpha value is -1.80. The van der Waals surface area contributed by atoms with E-state index in [1.165, 1.54) is 16.7 Å². The summed E-state index contributed by atoms with van der Waals surface area (Å²) in [6, 6.07) is 14.4. The van der Waals surface area contributed by atoms with Gasteiger partial charge in [0.2, 0.25) is 0 Å². The van der Waals surface area contributed by atoms with Gasteiger partial charge in [0.05, 0.1) is 6.61 Å². The smallest absolute Gasteiger partial charge is 0.0701 e. The number of aliphatic hydroxyl groups is 1. The average molecular weight is 241 g/mol. The maximum Gasteiger partial charge on any atom is 0.0701 e. The summed E-state index contributed by atoms with van der Waals surface area (Å²) < 4.78 is 0. The van der Waals surface area contributed by atoms with Gasteiger partial charge in [0.1, 0.15) is 0 Å². The third-order valence-corrected chi connectivity index (χ3v) is 2.95. The molecule has 2 aromatic rings. The molecule has 0 radical (unpaired) electrons. The maximum atomic E-state index is 9.26. The number of hydrogen-bond acceptors (Lipinski definition) is 2. The molecule has 0 atom stereocenters. The van der Waals surface area contributed by atoms with E-state index in [1.807, 2.05) is 24.3 Å². The van der Waals surface area contributed by atoms with Crippen LogP contribution in [-0.4, -0.2) is 5.11 Å². The largest absolute Gasteiger partial charge is 0.392 e. The van der Waals surface area contributed by atoms with Crippen molar-refractivity contribution >= 4 is 5.69 Å². The van der Waals surface area contributed by atoms with Gasteiger partial charge in [-0.05, 0) is 25.5 Å². The third kappa shape index (κ3) is 3.11. The lowest BCUT2D eigenvalue weighted by atomic mass is 10.1. The Morgan fingerprint density at radius 1 is 1.00 bits per heavy atom. The molecule has 0 saturated carbocycles. The number of benzene rings is 2. The van der Waals surface area contributed by atoms with Crippen LogP contribution in [0.4, 0.5) is 5.69 Å². The van der Waals surface area contributed by atoms with E-state index in [2.05, 4.69) is 37.4 Å². The molecule has 2 rings (SSSR count). The van der Waals surface area contributed by atoms with Crippen molar-refractivity contribution in [2.75, 3.05) is 5.32 Å². The van der Waals surface area contributed by atoms with Gasteiger partial charge in [-0.1, -0.05) is 47.5 Å². The second kappa shape index (κ2) is 5.69. The fourth-order valence-electron chi connectivity index (χ4n) is 2.20. The summed E-state index contributed by atoms with van der Waals surface area (Å²) in [6.07, 6.45) is 0. The second-order valence-corrected chi connectivity index (χ2v) is 4.66. The monoisotopic (exact) mass is 241 g/mol. The third-order valence-electron chi connectivity index (χ3n) is 2.95. The molecule has 0 saturated heterocycles. The minimum absolute atomic E-state index is 0.0655. The SMILES string of the molecule is Cc1cc(C)cc(CNc2ccccc2CO)c1. The van der Waals surface area contributed by atoms with Crippen LogP contribution < -0.4 is 5.32 Å². The van der Waals surface area contributed by atoms with Crippen LogP contribution >= 0.6 is 0 Å². The molecule has 94 valence electrons. The van der Waals surface area contributed by atoms with Gasteiger partial charge < -0.3 is 10.4 Å². The highest BCUT2D eigenvalue weighted by atomic mass is 16.3. The average Bonchev–Trinajstić information content (AvgIpc) is 2.35. The van der Waals surface area contributed by atoms with Crippen molar-refractivity contribution in [3.8, 4) is 0 Å². The second-order valence-electron chi connectivity index (χ2n) is 4.66. The summed E-state index contributed by atoms with van der Waals surface area (Å²) in [4.78, 5) is 0. The Labute approximate surface area is 108 Å². The van der Waals surface area contributed by atoms with Crippen LogP contribution in [0.5, 0.6) is 0 Å². The molecule has 0 aliphatic heterocycles. The zero-order valence-corrected chi connectivity index (χ0v) is 10.9. The summed E-state index contributed by atoms with van der Waals surface area (Å²) in [6.45, 7) is 5.06. The van der Waals surface area contributed by atoms with Gasteiger partial charge in [0.25, 0.3) is 0 Å². The van der Waals surface area contributed by atoms with Crippen LogP contribution in [0, 0.1) is 13.8 Å². The molecule has 0 heterocycles. The number of para-hydroxylation sites is 1. The fraction of sp³-hybridized carbons (Fsp3) is 0.250. The van der Waals surface area contributed by atoms with Crippen LogP contribution in [0.2, 0.25) is 0 Å².